The van der Waals surface area contributed by atoms with E-state index < -0.39 is 5.60 Å². The van der Waals surface area contributed by atoms with E-state index in [2.05, 4.69) is 30.0 Å². The van der Waals surface area contributed by atoms with Crippen molar-refractivity contribution < 1.29 is 9.84 Å². The van der Waals surface area contributed by atoms with Gasteiger partial charge in [-0.2, -0.15) is 15.3 Å². The number of nitriles is 1. The van der Waals surface area contributed by atoms with E-state index in [4.69, 9.17) is 4.74 Å². The fraction of sp³-hybridized carbons (Fsp3) is 0.455. The molecule has 0 saturated heterocycles. The molecule has 0 unspecified atom stereocenters. The van der Waals surface area contributed by atoms with Crippen LogP contribution < -0.4 is 5.56 Å². The van der Waals surface area contributed by atoms with Gasteiger partial charge in [0.2, 0.25) is 5.78 Å². The maximum absolute atomic E-state index is 14.3. The molecule has 1 saturated carbocycles. The molecule has 0 amide bonds. The van der Waals surface area contributed by atoms with Crippen LogP contribution in [0.1, 0.15) is 88.2 Å². The number of rotatable bonds is 9. The Hall–Kier alpha value is -3.80. The lowest BCUT2D eigenvalue weighted by Crippen LogP contribution is -2.41. The van der Waals surface area contributed by atoms with Crippen LogP contribution in [-0.2, 0) is 17.6 Å². The summed E-state index contributed by atoms with van der Waals surface area (Å²) in [7, 11) is 0. The molecule has 0 atom stereocenters. The highest BCUT2D eigenvalue weighted by atomic mass is 16.5. The summed E-state index contributed by atoms with van der Waals surface area (Å²) < 4.78 is 9.86. The molecule has 1 aliphatic rings. The number of ether oxygens (including phenoxy) is 1. The monoisotopic (exact) mass is 553 g/mol. The number of aromatic nitrogens is 4. The number of aliphatic hydroxyl groups is 1. The minimum Gasteiger partial charge on any atom is -0.388 e. The number of nitrogens with zero attached hydrogens (tertiary/aromatic N) is 5. The smallest absolute Gasteiger partial charge is 0.259 e. The second-order valence-electron chi connectivity index (χ2n) is 12.1. The van der Waals surface area contributed by atoms with Crippen LogP contribution in [-0.4, -0.2) is 42.1 Å². The Morgan fingerprint density at radius 1 is 1.15 bits per heavy atom. The van der Waals surface area contributed by atoms with Gasteiger partial charge in [0.15, 0.2) is 0 Å². The number of benzene rings is 2. The van der Waals surface area contributed by atoms with Crippen molar-refractivity contribution in [1.82, 2.24) is 19.2 Å². The molecule has 0 spiro atoms. The molecule has 41 heavy (non-hydrogen) atoms. The van der Waals surface area contributed by atoms with Gasteiger partial charge in [-0.3, -0.25) is 9.36 Å². The third kappa shape index (κ3) is 6.12. The van der Waals surface area contributed by atoms with E-state index in [0.29, 0.717) is 17.8 Å². The van der Waals surface area contributed by atoms with Gasteiger partial charge < -0.3 is 9.84 Å². The molecule has 2 heterocycles. The fourth-order valence-electron chi connectivity index (χ4n) is 5.88. The van der Waals surface area contributed by atoms with Crippen molar-refractivity contribution in [2.75, 3.05) is 6.61 Å². The molecule has 0 bridgehead atoms. The summed E-state index contributed by atoms with van der Waals surface area (Å²) in [5.41, 5.74) is 3.98. The van der Waals surface area contributed by atoms with Crippen LogP contribution in [0.3, 0.4) is 0 Å². The van der Waals surface area contributed by atoms with Crippen molar-refractivity contribution in [3.05, 3.63) is 87.6 Å². The van der Waals surface area contributed by atoms with Crippen LogP contribution in [0, 0.1) is 11.3 Å². The molecule has 2 aromatic heterocycles. The maximum Gasteiger partial charge on any atom is 0.259 e. The van der Waals surface area contributed by atoms with E-state index in [0.717, 1.165) is 66.5 Å². The van der Waals surface area contributed by atoms with Gasteiger partial charge in [0.25, 0.3) is 5.56 Å². The van der Waals surface area contributed by atoms with Crippen LogP contribution in [0.2, 0.25) is 0 Å². The molecule has 4 aromatic rings. The Morgan fingerprint density at radius 2 is 1.85 bits per heavy atom. The van der Waals surface area contributed by atoms with E-state index in [9.17, 15) is 15.2 Å². The molecule has 1 N–H and O–H groups in total. The molecule has 1 fully saturated rings. The molecular formula is C33H39N5O3. The summed E-state index contributed by atoms with van der Waals surface area (Å²) in [6, 6.07) is 18.0. The van der Waals surface area contributed by atoms with Crippen molar-refractivity contribution in [2.45, 2.75) is 89.9 Å². The Morgan fingerprint density at radius 3 is 2.51 bits per heavy atom. The largest absolute Gasteiger partial charge is 0.388 e. The highest BCUT2D eigenvalue weighted by molar-refractivity contribution is 5.70. The highest BCUT2D eigenvalue weighted by Crippen LogP contribution is 2.38. The standard InChI is InChI=1S/C33H39N5O3/c1-5-8-29-28(19-23-11-13-24(14-12-23)27-10-7-6-9-25(27)20-34)30(39)37(31-35-22-36-38(29)31)26-15-17-33(4,18-16-26)41-21-32(2,3)40/h6-7,9-14,22,26,40H,5,8,15-19,21H2,1-4H3/t26-,33+. The van der Waals surface area contributed by atoms with Gasteiger partial charge in [-0.25, -0.2) is 4.52 Å². The zero-order valence-corrected chi connectivity index (χ0v) is 24.4. The van der Waals surface area contributed by atoms with Gasteiger partial charge >= 0.3 is 0 Å². The topological polar surface area (TPSA) is 105 Å². The van der Waals surface area contributed by atoms with E-state index >= 15 is 0 Å². The molecule has 5 rings (SSSR count). The van der Waals surface area contributed by atoms with Crippen molar-refractivity contribution in [1.29, 1.82) is 5.26 Å². The van der Waals surface area contributed by atoms with Crippen LogP contribution >= 0.6 is 0 Å². The number of aryl methyl sites for hydroxylation is 1. The quantitative estimate of drug-likeness (QED) is 0.288. The number of hydrogen-bond donors (Lipinski definition) is 1. The van der Waals surface area contributed by atoms with Crippen LogP contribution in [0.4, 0.5) is 0 Å². The summed E-state index contributed by atoms with van der Waals surface area (Å²) in [6.45, 7) is 7.98. The van der Waals surface area contributed by atoms with Crippen molar-refractivity contribution in [2.24, 2.45) is 0 Å². The average Bonchev–Trinajstić information content (AvgIpc) is 3.44. The maximum atomic E-state index is 14.3. The Labute approximate surface area is 241 Å². The minimum absolute atomic E-state index is 0.00105. The Kier molecular flexibility index (Phi) is 8.12. The van der Waals surface area contributed by atoms with Crippen LogP contribution in [0.15, 0.2) is 59.7 Å². The first kappa shape index (κ1) is 28.7. The lowest BCUT2D eigenvalue weighted by molar-refractivity contribution is -0.117. The van der Waals surface area contributed by atoms with Crippen LogP contribution in [0.5, 0.6) is 0 Å². The van der Waals surface area contributed by atoms with E-state index in [1.165, 1.54) is 6.33 Å². The normalized spacial score (nSPS) is 19.4. The predicted octanol–water partition coefficient (Wildman–Crippen LogP) is 5.63. The zero-order valence-electron chi connectivity index (χ0n) is 24.4. The molecule has 8 heteroatoms. The van der Waals surface area contributed by atoms with Gasteiger partial charge in [-0.1, -0.05) is 55.8 Å². The van der Waals surface area contributed by atoms with Gasteiger partial charge in [0, 0.05) is 18.0 Å². The predicted molar refractivity (Wildman–Crippen MR) is 159 cm³/mol. The van der Waals surface area contributed by atoms with Gasteiger partial charge in [0.1, 0.15) is 6.33 Å². The number of hydrogen-bond acceptors (Lipinski definition) is 6. The third-order valence-corrected chi connectivity index (χ3v) is 8.16. The van der Waals surface area contributed by atoms with Crippen LogP contribution in [0.25, 0.3) is 16.9 Å². The lowest BCUT2D eigenvalue weighted by Gasteiger charge is -2.39. The summed E-state index contributed by atoms with van der Waals surface area (Å²) in [5, 5.41) is 24.2. The second kappa shape index (κ2) is 11.6. The van der Waals surface area contributed by atoms with E-state index in [1.54, 1.807) is 13.8 Å². The van der Waals surface area contributed by atoms with Crippen molar-refractivity contribution in [3.63, 3.8) is 0 Å². The highest BCUT2D eigenvalue weighted by Gasteiger charge is 2.35. The Balaban J connectivity index is 1.47. The van der Waals surface area contributed by atoms with Gasteiger partial charge in [0.05, 0.1) is 35.1 Å². The Bertz CT molecular complexity index is 1610. The average molecular weight is 554 g/mol. The first-order chi connectivity index (χ1) is 19.6. The molecule has 2 aromatic carbocycles. The molecular weight excluding hydrogens is 514 g/mol. The van der Waals surface area contributed by atoms with E-state index in [-0.39, 0.29) is 23.8 Å². The van der Waals surface area contributed by atoms with Crippen molar-refractivity contribution >= 4 is 5.78 Å². The summed E-state index contributed by atoms with van der Waals surface area (Å²) in [6.07, 6.45) is 6.78. The third-order valence-electron chi connectivity index (χ3n) is 8.16. The van der Waals surface area contributed by atoms with Crippen molar-refractivity contribution in [3.8, 4) is 17.2 Å². The molecule has 0 radical (unpaired) electrons. The molecule has 1 aliphatic carbocycles. The summed E-state index contributed by atoms with van der Waals surface area (Å²) >= 11 is 0. The molecule has 8 nitrogen and oxygen atoms in total. The summed E-state index contributed by atoms with van der Waals surface area (Å²) in [4.78, 5) is 18.8. The molecule has 0 aliphatic heterocycles. The number of fused-ring (bicyclic) bond motifs is 1. The zero-order chi connectivity index (χ0) is 29.2. The minimum atomic E-state index is -0.883. The van der Waals surface area contributed by atoms with E-state index in [1.807, 2.05) is 57.6 Å². The van der Waals surface area contributed by atoms with Gasteiger partial charge in [-0.15, -0.1) is 0 Å². The van der Waals surface area contributed by atoms with Gasteiger partial charge in [-0.05, 0) is 75.6 Å². The fourth-order valence-corrected chi connectivity index (χ4v) is 5.88. The first-order valence-electron chi connectivity index (χ1n) is 14.5. The SMILES string of the molecule is CCCc1c(Cc2ccc(-c3ccccc3C#N)cc2)c(=O)n([C@H]2CC[C@@](C)(OCC(C)(C)O)CC2)c2ncnn12. The molecule has 214 valence electrons. The lowest BCUT2D eigenvalue weighted by atomic mass is 9.83. The summed E-state index contributed by atoms with van der Waals surface area (Å²) in [5.74, 6) is 0.594. The second-order valence-corrected chi connectivity index (χ2v) is 12.1. The first-order valence-corrected chi connectivity index (χ1v) is 14.5.